The molecule has 3 rings (SSSR count). The summed E-state index contributed by atoms with van der Waals surface area (Å²) < 4.78 is 0. The Morgan fingerprint density at radius 1 is 1.22 bits per heavy atom. The fraction of sp³-hybridized carbons (Fsp3) is 0.471. The van der Waals surface area contributed by atoms with Crippen LogP contribution in [0.15, 0.2) is 30.3 Å². The average molecular weight is 315 g/mol. The van der Waals surface area contributed by atoms with Gasteiger partial charge in [0.05, 0.1) is 0 Å². The van der Waals surface area contributed by atoms with Gasteiger partial charge in [0.2, 0.25) is 5.91 Å². The highest BCUT2D eigenvalue weighted by molar-refractivity contribution is 6.09. The number of hydrogen-bond donors (Lipinski definition) is 1. The Labute approximate surface area is 135 Å². The summed E-state index contributed by atoms with van der Waals surface area (Å²) in [6.45, 7) is 0.254. The molecule has 2 fully saturated rings. The standard InChI is InChI=1S/C17H21N3O3/c1-19(11-13-7-3-2-4-8-13)14(21)12-20-15(22)17(18-16(20)23)9-5-6-10-17/h2-4,7-8H,5-6,9-12H2,1H3,(H,18,23). The maximum absolute atomic E-state index is 12.5. The van der Waals surface area contributed by atoms with E-state index >= 15 is 0 Å². The van der Waals surface area contributed by atoms with E-state index in [1.165, 1.54) is 4.90 Å². The molecule has 6 heteroatoms. The third kappa shape index (κ3) is 2.93. The van der Waals surface area contributed by atoms with Gasteiger partial charge in [-0.05, 0) is 18.4 Å². The minimum atomic E-state index is -0.755. The minimum absolute atomic E-state index is 0.199. The van der Waals surface area contributed by atoms with Gasteiger partial charge in [-0.3, -0.25) is 14.5 Å². The first-order valence-electron chi connectivity index (χ1n) is 7.94. The van der Waals surface area contributed by atoms with Crippen LogP contribution in [0.3, 0.4) is 0 Å². The summed E-state index contributed by atoms with van der Waals surface area (Å²) in [6, 6.07) is 9.16. The van der Waals surface area contributed by atoms with Crippen LogP contribution in [0.5, 0.6) is 0 Å². The number of likely N-dealkylation sites (N-methyl/N-ethyl adjacent to an activating group) is 1. The Balaban J connectivity index is 1.63. The van der Waals surface area contributed by atoms with Gasteiger partial charge in [-0.15, -0.1) is 0 Å². The maximum atomic E-state index is 12.5. The van der Waals surface area contributed by atoms with Crippen molar-refractivity contribution in [3.63, 3.8) is 0 Å². The van der Waals surface area contributed by atoms with Crippen molar-refractivity contribution in [3.8, 4) is 0 Å². The fourth-order valence-electron chi connectivity index (χ4n) is 3.34. The van der Waals surface area contributed by atoms with Crippen LogP contribution in [-0.4, -0.2) is 46.8 Å². The van der Waals surface area contributed by atoms with Crippen molar-refractivity contribution in [2.75, 3.05) is 13.6 Å². The predicted octanol–water partition coefficient (Wildman–Crippen LogP) is 1.51. The van der Waals surface area contributed by atoms with E-state index in [-0.39, 0.29) is 18.4 Å². The smallest absolute Gasteiger partial charge is 0.325 e. The van der Waals surface area contributed by atoms with Crippen molar-refractivity contribution < 1.29 is 14.4 Å². The molecule has 4 amide bonds. The second-order valence-corrected chi connectivity index (χ2v) is 6.35. The van der Waals surface area contributed by atoms with Crippen LogP contribution in [0.25, 0.3) is 0 Å². The number of amides is 4. The van der Waals surface area contributed by atoms with Crippen LogP contribution >= 0.6 is 0 Å². The molecule has 1 aliphatic heterocycles. The first-order valence-corrected chi connectivity index (χ1v) is 7.94. The molecule has 1 spiro atoms. The lowest BCUT2D eigenvalue weighted by Gasteiger charge is -2.22. The van der Waals surface area contributed by atoms with E-state index in [1.807, 2.05) is 30.3 Å². The van der Waals surface area contributed by atoms with E-state index in [4.69, 9.17) is 0 Å². The van der Waals surface area contributed by atoms with Crippen molar-refractivity contribution in [1.82, 2.24) is 15.1 Å². The molecule has 1 aliphatic carbocycles. The first-order chi connectivity index (χ1) is 11.0. The molecule has 2 aliphatic rings. The molecular weight excluding hydrogens is 294 g/mol. The van der Waals surface area contributed by atoms with Crippen LogP contribution in [0.1, 0.15) is 31.2 Å². The van der Waals surface area contributed by atoms with E-state index in [9.17, 15) is 14.4 Å². The summed E-state index contributed by atoms with van der Waals surface area (Å²) in [4.78, 5) is 39.6. The highest BCUT2D eigenvalue weighted by Gasteiger charge is 2.52. The van der Waals surface area contributed by atoms with Gasteiger partial charge < -0.3 is 10.2 Å². The zero-order chi connectivity index (χ0) is 16.4. The SMILES string of the molecule is CN(Cc1ccccc1)C(=O)CN1C(=O)NC2(CCCC2)C1=O. The van der Waals surface area contributed by atoms with Crippen LogP contribution in [-0.2, 0) is 16.1 Å². The van der Waals surface area contributed by atoms with Crippen molar-refractivity contribution in [1.29, 1.82) is 0 Å². The number of nitrogens with zero attached hydrogens (tertiary/aromatic N) is 2. The van der Waals surface area contributed by atoms with Crippen molar-refractivity contribution >= 4 is 17.8 Å². The number of hydrogen-bond acceptors (Lipinski definition) is 3. The molecule has 0 aromatic heterocycles. The third-order valence-electron chi connectivity index (χ3n) is 4.68. The van der Waals surface area contributed by atoms with Gasteiger partial charge in [-0.25, -0.2) is 4.79 Å². The normalized spacial score (nSPS) is 19.3. The predicted molar refractivity (Wildman–Crippen MR) is 84.4 cm³/mol. The molecule has 122 valence electrons. The summed E-state index contributed by atoms with van der Waals surface area (Å²) >= 11 is 0. The molecule has 1 saturated heterocycles. The number of nitrogens with one attached hydrogen (secondary N) is 1. The molecule has 0 radical (unpaired) electrons. The molecule has 6 nitrogen and oxygen atoms in total. The van der Waals surface area contributed by atoms with Crippen molar-refractivity contribution in [2.45, 2.75) is 37.8 Å². The van der Waals surface area contributed by atoms with Crippen molar-refractivity contribution in [3.05, 3.63) is 35.9 Å². The van der Waals surface area contributed by atoms with E-state index in [1.54, 1.807) is 7.05 Å². The third-order valence-corrected chi connectivity index (χ3v) is 4.68. The lowest BCUT2D eigenvalue weighted by Crippen LogP contribution is -2.45. The quantitative estimate of drug-likeness (QED) is 0.856. The Morgan fingerprint density at radius 3 is 2.52 bits per heavy atom. The summed E-state index contributed by atoms with van der Waals surface area (Å²) in [5.74, 6) is -0.492. The molecule has 1 saturated carbocycles. The van der Waals surface area contributed by atoms with Crippen molar-refractivity contribution in [2.24, 2.45) is 0 Å². The number of urea groups is 1. The Bertz CT molecular complexity index is 623. The molecule has 1 heterocycles. The highest BCUT2D eigenvalue weighted by Crippen LogP contribution is 2.34. The zero-order valence-corrected chi connectivity index (χ0v) is 13.2. The molecular formula is C17H21N3O3. The van der Waals surface area contributed by atoms with Gasteiger partial charge in [-0.2, -0.15) is 0 Å². The topological polar surface area (TPSA) is 69.7 Å². The highest BCUT2D eigenvalue weighted by atomic mass is 16.2. The number of rotatable bonds is 4. The van der Waals surface area contributed by atoms with Crippen LogP contribution in [0, 0.1) is 0 Å². The number of imide groups is 1. The summed E-state index contributed by atoms with van der Waals surface area (Å²) in [5.41, 5.74) is 0.253. The largest absolute Gasteiger partial charge is 0.340 e. The molecule has 1 N–H and O–H groups in total. The first kappa shape index (κ1) is 15.5. The monoisotopic (exact) mass is 315 g/mol. The molecule has 0 atom stereocenters. The summed E-state index contributed by atoms with van der Waals surface area (Å²) in [5, 5.41) is 2.79. The lowest BCUT2D eigenvalue weighted by atomic mass is 9.98. The molecule has 0 unspecified atom stereocenters. The van der Waals surface area contributed by atoms with E-state index in [0.717, 1.165) is 23.3 Å². The Morgan fingerprint density at radius 2 is 1.87 bits per heavy atom. The number of carbonyl (C=O) groups is 3. The van der Waals surface area contributed by atoms with Gasteiger partial charge >= 0.3 is 6.03 Å². The van der Waals surface area contributed by atoms with Gasteiger partial charge in [0, 0.05) is 13.6 Å². The number of carbonyl (C=O) groups excluding carboxylic acids is 3. The van der Waals surface area contributed by atoms with Crippen LogP contribution in [0.4, 0.5) is 4.79 Å². The van der Waals surface area contributed by atoms with E-state index in [0.29, 0.717) is 19.4 Å². The Kier molecular flexibility index (Phi) is 4.07. The summed E-state index contributed by atoms with van der Waals surface area (Å²) in [7, 11) is 1.68. The maximum Gasteiger partial charge on any atom is 0.325 e. The fourth-order valence-corrected chi connectivity index (χ4v) is 3.34. The average Bonchev–Trinajstić information content (AvgIpc) is 3.09. The molecule has 1 aromatic rings. The van der Waals surface area contributed by atoms with Gasteiger partial charge in [0.1, 0.15) is 12.1 Å². The van der Waals surface area contributed by atoms with Gasteiger partial charge in [0.15, 0.2) is 0 Å². The molecule has 0 bridgehead atoms. The van der Waals surface area contributed by atoms with Crippen LogP contribution < -0.4 is 5.32 Å². The van der Waals surface area contributed by atoms with E-state index in [2.05, 4.69) is 5.32 Å². The van der Waals surface area contributed by atoms with Crippen LogP contribution in [0.2, 0.25) is 0 Å². The second-order valence-electron chi connectivity index (χ2n) is 6.35. The summed E-state index contributed by atoms with van der Waals surface area (Å²) in [6.07, 6.45) is 3.20. The Hall–Kier alpha value is -2.37. The zero-order valence-electron chi connectivity index (χ0n) is 13.2. The van der Waals surface area contributed by atoms with E-state index < -0.39 is 11.6 Å². The molecule has 23 heavy (non-hydrogen) atoms. The second kappa shape index (κ2) is 6.02. The number of benzene rings is 1. The van der Waals surface area contributed by atoms with Gasteiger partial charge in [-0.1, -0.05) is 43.2 Å². The minimum Gasteiger partial charge on any atom is -0.340 e. The molecule has 1 aromatic carbocycles. The van der Waals surface area contributed by atoms with Gasteiger partial charge in [0.25, 0.3) is 5.91 Å². The lowest BCUT2D eigenvalue weighted by molar-refractivity contribution is -0.138.